The second kappa shape index (κ2) is 8.94. The molecule has 0 aromatic heterocycles. The van der Waals surface area contributed by atoms with Gasteiger partial charge < -0.3 is 20.5 Å². The molecule has 0 aliphatic rings. The lowest BCUT2D eigenvalue weighted by Gasteiger charge is -2.10. The van der Waals surface area contributed by atoms with E-state index in [1.54, 1.807) is 13.2 Å². The molecule has 0 heterocycles. The highest BCUT2D eigenvalue weighted by molar-refractivity contribution is 6.31. The van der Waals surface area contributed by atoms with Crippen LogP contribution in [0.3, 0.4) is 0 Å². The Morgan fingerprint density at radius 1 is 1.20 bits per heavy atom. The molecule has 0 aliphatic heterocycles. The van der Waals surface area contributed by atoms with E-state index in [-0.39, 0.29) is 11.3 Å². The highest BCUT2D eigenvalue weighted by Crippen LogP contribution is 2.19. The van der Waals surface area contributed by atoms with Gasteiger partial charge in [-0.15, -0.1) is 0 Å². The predicted molar refractivity (Wildman–Crippen MR) is 95.9 cm³/mol. The number of methoxy groups -OCH3 is 1. The Morgan fingerprint density at radius 3 is 2.72 bits per heavy atom. The molecular weight excluding hydrogens is 344 g/mol. The maximum absolute atomic E-state index is 11.9. The van der Waals surface area contributed by atoms with Crippen LogP contribution in [0.25, 0.3) is 0 Å². The fraction of sp³-hybridized carbons (Fsp3) is 0.222. The number of para-hydroxylation sites is 1. The van der Waals surface area contributed by atoms with Crippen LogP contribution in [-0.2, 0) is 16.0 Å². The number of carbonyl (C=O) groups is 2. The Morgan fingerprint density at radius 2 is 1.96 bits per heavy atom. The van der Waals surface area contributed by atoms with Gasteiger partial charge in [-0.05, 0) is 36.2 Å². The van der Waals surface area contributed by atoms with Gasteiger partial charge >= 0.3 is 5.97 Å². The van der Waals surface area contributed by atoms with Gasteiger partial charge in [0, 0.05) is 17.3 Å². The summed E-state index contributed by atoms with van der Waals surface area (Å²) in [6.45, 7) is 0.00672. The van der Waals surface area contributed by atoms with Crippen molar-refractivity contribution in [1.29, 1.82) is 0 Å². The molecule has 0 spiro atoms. The first-order valence-corrected chi connectivity index (χ1v) is 8.00. The van der Waals surface area contributed by atoms with Crippen LogP contribution >= 0.6 is 11.6 Å². The van der Waals surface area contributed by atoms with E-state index in [2.05, 4.69) is 5.32 Å². The fourth-order valence-electron chi connectivity index (χ4n) is 2.21. The minimum Gasteiger partial charge on any atom is -0.496 e. The van der Waals surface area contributed by atoms with E-state index in [1.807, 2.05) is 24.3 Å². The van der Waals surface area contributed by atoms with Gasteiger partial charge in [0.05, 0.1) is 12.7 Å². The molecule has 132 valence electrons. The normalized spacial score (nSPS) is 10.2. The zero-order chi connectivity index (χ0) is 18.2. The van der Waals surface area contributed by atoms with Crippen LogP contribution in [0.4, 0.5) is 5.69 Å². The third kappa shape index (κ3) is 5.39. The zero-order valence-corrected chi connectivity index (χ0v) is 14.5. The molecule has 0 bridgehead atoms. The van der Waals surface area contributed by atoms with Crippen molar-refractivity contribution in [3.8, 4) is 5.75 Å². The summed E-state index contributed by atoms with van der Waals surface area (Å²) in [5.41, 5.74) is 7.05. The summed E-state index contributed by atoms with van der Waals surface area (Å²) in [5.74, 6) is -0.330. The molecule has 0 saturated heterocycles. The predicted octanol–water partition coefficient (Wildman–Crippen LogP) is 2.45. The molecule has 7 heteroatoms. The van der Waals surface area contributed by atoms with Gasteiger partial charge in [-0.25, -0.2) is 4.79 Å². The first-order valence-electron chi connectivity index (χ1n) is 7.62. The van der Waals surface area contributed by atoms with Gasteiger partial charge in [0.1, 0.15) is 5.75 Å². The van der Waals surface area contributed by atoms with Crippen LogP contribution in [0.2, 0.25) is 5.02 Å². The number of anilines is 1. The second-order valence-corrected chi connectivity index (χ2v) is 5.66. The van der Waals surface area contributed by atoms with Crippen LogP contribution < -0.4 is 15.8 Å². The molecule has 0 saturated carbocycles. The zero-order valence-electron chi connectivity index (χ0n) is 13.8. The van der Waals surface area contributed by atoms with Crippen molar-refractivity contribution in [2.75, 3.05) is 26.0 Å². The minimum atomic E-state index is -0.695. The van der Waals surface area contributed by atoms with E-state index >= 15 is 0 Å². The van der Waals surface area contributed by atoms with Crippen molar-refractivity contribution in [2.24, 2.45) is 0 Å². The highest BCUT2D eigenvalue weighted by Gasteiger charge is 2.14. The summed E-state index contributed by atoms with van der Waals surface area (Å²) >= 11 is 5.82. The third-order valence-corrected chi connectivity index (χ3v) is 3.71. The van der Waals surface area contributed by atoms with Crippen molar-refractivity contribution in [1.82, 2.24) is 5.32 Å². The van der Waals surface area contributed by atoms with E-state index in [9.17, 15) is 9.59 Å². The summed E-state index contributed by atoms with van der Waals surface area (Å²) in [5, 5.41) is 3.05. The Bertz CT molecular complexity index is 764. The molecule has 0 atom stereocenters. The molecule has 3 N–H and O–H groups in total. The van der Waals surface area contributed by atoms with E-state index in [1.165, 1.54) is 12.1 Å². The van der Waals surface area contributed by atoms with Crippen LogP contribution in [0.5, 0.6) is 5.75 Å². The molecule has 2 rings (SSSR count). The quantitative estimate of drug-likeness (QED) is 0.583. The third-order valence-electron chi connectivity index (χ3n) is 3.48. The van der Waals surface area contributed by atoms with Crippen molar-refractivity contribution in [2.45, 2.75) is 6.42 Å². The smallest absolute Gasteiger partial charge is 0.340 e. The number of ether oxygens (including phenoxy) is 2. The van der Waals surface area contributed by atoms with Crippen LogP contribution in [0.15, 0.2) is 42.5 Å². The molecule has 0 radical (unpaired) electrons. The molecule has 2 aromatic carbocycles. The lowest BCUT2D eigenvalue weighted by atomic mass is 10.1. The number of rotatable bonds is 7. The first kappa shape index (κ1) is 18.6. The van der Waals surface area contributed by atoms with E-state index in [4.69, 9.17) is 26.8 Å². The standard InChI is InChI=1S/C18H19ClN2O4/c1-24-16-5-3-2-4-12(16)8-9-21-17(22)11-25-18(23)14-10-13(19)6-7-15(14)20/h2-7,10H,8-9,11,20H2,1H3,(H,21,22). The lowest BCUT2D eigenvalue weighted by molar-refractivity contribution is -0.124. The Kier molecular flexibility index (Phi) is 6.65. The summed E-state index contributed by atoms with van der Waals surface area (Å²) in [6, 6.07) is 12.0. The number of nitrogens with two attached hydrogens (primary N) is 1. The van der Waals surface area contributed by atoms with Crippen LogP contribution in [-0.4, -0.2) is 32.1 Å². The average molecular weight is 363 g/mol. The fourth-order valence-corrected chi connectivity index (χ4v) is 2.38. The maximum atomic E-state index is 11.9. The SMILES string of the molecule is COc1ccccc1CCNC(=O)COC(=O)c1cc(Cl)ccc1N. The number of amides is 1. The molecule has 2 aromatic rings. The number of hydrogen-bond donors (Lipinski definition) is 2. The van der Waals surface area contributed by atoms with Crippen molar-refractivity contribution >= 4 is 29.2 Å². The van der Waals surface area contributed by atoms with E-state index < -0.39 is 18.5 Å². The largest absolute Gasteiger partial charge is 0.496 e. The van der Waals surface area contributed by atoms with Crippen molar-refractivity contribution in [3.05, 3.63) is 58.6 Å². The van der Waals surface area contributed by atoms with Crippen molar-refractivity contribution < 1.29 is 19.1 Å². The van der Waals surface area contributed by atoms with Gasteiger partial charge in [0.15, 0.2) is 6.61 Å². The molecule has 0 unspecified atom stereocenters. The number of esters is 1. The maximum Gasteiger partial charge on any atom is 0.340 e. The number of halogens is 1. The Balaban J connectivity index is 1.79. The second-order valence-electron chi connectivity index (χ2n) is 5.22. The number of hydrogen-bond acceptors (Lipinski definition) is 5. The van der Waals surface area contributed by atoms with Gasteiger partial charge in [0.2, 0.25) is 0 Å². The Hall–Kier alpha value is -2.73. The van der Waals surface area contributed by atoms with E-state index in [0.29, 0.717) is 18.0 Å². The van der Waals surface area contributed by atoms with Crippen molar-refractivity contribution in [3.63, 3.8) is 0 Å². The summed E-state index contributed by atoms with van der Waals surface area (Å²) in [6.07, 6.45) is 0.602. The average Bonchev–Trinajstić information content (AvgIpc) is 2.62. The minimum absolute atomic E-state index is 0.134. The monoisotopic (exact) mass is 362 g/mol. The summed E-state index contributed by atoms with van der Waals surface area (Å²) in [7, 11) is 1.60. The molecular formula is C18H19ClN2O4. The van der Waals surface area contributed by atoms with Gasteiger partial charge in [-0.2, -0.15) is 0 Å². The van der Waals surface area contributed by atoms with Gasteiger partial charge in [-0.3, -0.25) is 4.79 Å². The molecule has 0 fully saturated rings. The highest BCUT2D eigenvalue weighted by atomic mass is 35.5. The number of nitrogens with one attached hydrogen (secondary N) is 1. The van der Waals surface area contributed by atoms with Gasteiger partial charge in [-0.1, -0.05) is 29.8 Å². The van der Waals surface area contributed by atoms with Gasteiger partial charge in [0.25, 0.3) is 5.91 Å². The lowest BCUT2D eigenvalue weighted by Crippen LogP contribution is -2.30. The first-order chi connectivity index (χ1) is 12.0. The summed E-state index contributed by atoms with van der Waals surface area (Å²) in [4.78, 5) is 23.7. The number of carbonyl (C=O) groups excluding carboxylic acids is 2. The van der Waals surface area contributed by atoms with Crippen LogP contribution in [0, 0.1) is 0 Å². The molecule has 25 heavy (non-hydrogen) atoms. The van der Waals surface area contributed by atoms with Crippen LogP contribution in [0.1, 0.15) is 15.9 Å². The summed E-state index contributed by atoms with van der Waals surface area (Å²) < 4.78 is 10.2. The molecule has 1 amide bonds. The molecule has 0 aliphatic carbocycles. The molecule has 6 nitrogen and oxygen atoms in total. The van der Waals surface area contributed by atoms with E-state index in [0.717, 1.165) is 11.3 Å². The number of benzene rings is 2. The Labute approximate surface area is 150 Å². The number of nitrogen functional groups attached to an aromatic ring is 1. The topological polar surface area (TPSA) is 90.6 Å².